The van der Waals surface area contributed by atoms with Gasteiger partial charge < -0.3 is 26.4 Å². The number of carbonyl (C=O) groups is 1. The van der Waals surface area contributed by atoms with Gasteiger partial charge in [-0.15, -0.1) is 0 Å². The quantitative estimate of drug-likeness (QED) is 0.558. The molecule has 9 heteroatoms. The number of nitrogens with one attached hydrogen (secondary N) is 3. The van der Waals surface area contributed by atoms with Crippen LogP contribution in [0.3, 0.4) is 0 Å². The zero-order valence-electron chi connectivity index (χ0n) is 17.5. The van der Waals surface area contributed by atoms with Gasteiger partial charge in [-0.1, -0.05) is 30.3 Å². The summed E-state index contributed by atoms with van der Waals surface area (Å²) < 4.78 is 46.5. The molecule has 4 atom stereocenters. The van der Waals surface area contributed by atoms with Crippen molar-refractivity contribution in [2.45, 2.75) is 37.3 Å². The lowest BCUT2D eigenvalue weighted by molar-refractivity contribution is -0.138. The van der Waals surface area contributed by atoms with E-state index >= 15 is 0 Å². The van der Waals surface area contributed by atoms with Crippen molar-refractivity contribution >= 4 is 11.7 Å². The number of alkyl halides is 3. The summed E-state index contributed by atoms with van der Waals surface area (Å²) >= 11 is 0. The Labute approximate surface area is 184 Å². The maximum absolute atomic E-state index is 13.4. The number of halogens is 3. The Morgan fingerprint density at radius 1 is 1.12 bits per heavy atom. The number of amides is 2. The number of carbonyl (C=O) groups excluding carboxylic acids is 1. The highest BCUT2D eigenvalue weighted by atomic mass is 19.4. The monoisotopic (exact) mass is 448 g/mol. The van der Waals surface area contributed by atoms with Gasteiger partial charge in [-0.05, 0) is 36.6 Å². The fraction of sp³-hybridized carbons (Fsp3) is 0.435. The number of hydrogen-bond acceptors (Lipinski definition) is 4. The Kier molecular flexibility index (Phi) is 6.57. The lowest BCUT2D eigenvalue weighted by atomic mass is 9.76. The molecule has 0 aromatic heterocycles. The van der Waals surface area contributed by atoms with Crippen LogP contribution in [0.15, 0.2) is 48.5 Å². The lowest BCUT2D eigenvalue weighted by Gasteiger charge is -2.46. The molecule has 0 radical (unpaired) electrons. The average Bonchev–Trinajstić information content (AvgIpc) is 2.80. The van der Waals surface area contributed by atoms with E-state index < -0.39 is 17.8 Å². The first-order chi connectivity index (χ1) is 15.4. The predicted molar refractivity (Wildman–Crippen MR) is 115 cm³/mol. The van der Waals surface area contributed by atoms with E-state index in [-0.39, 0.29) is 30.6 Å². The fourth-order valence-electron chi connectivity index (χ4n) is 4.53. The van der Waals surface area contributed by atoms with E-state index in [1.165, 1.54) is 12.1 Å². The number of hydrogen-bond donors (Lipinski definition) is 4. The highest BCUT2D eigenvalue weighted by Crippen LogP contribution is 2.51. The molecule has 2 heterocycles. The molecule has 4 rings (SSSR count). The third-order valence-corrected chi connectivity index (χ3v) is 6.05. The Hall–Kier alpha value is -2.78. The van der Waals surface area contributed by atoms with E-state index in [0.29, 0.717) is 30.8 Å². The van der Waals surface area contributed by atoms with Gasteiger partial charge in [0.25, 0.3) is 0 Å². The SMILES string of the molecule is NCCNC(=O)NC[C@H]1CC[C@@H]2[C@H](O1)c1cc(C(F)(F)F)ccc1N[C@H]2c1ccccc1. The molecule has 32 heavy (non-hydrogen) atoms. The molecule has 6 nitrogen and oxygen atoms in total. The fourth-order valence-corrected chi connectivity index (χ4v) is 4.53. The van der Waals surface area contributed by atoms with Crippen molar-refractivity contribution in [1.82, 2.24) is 10.6 Å². The minimum Gasteiger partial charge on any atom is -0.378 e. The number of anilines is 1. The van der Waals surface area contributed by atoms with Crippen LogP contribution in [0.25, 0.3) is 0 Å². The second-order valence-corrected chi connectivity index (χ2v) is 8.18. The van der Waals surface area contributed by atoms with Gasteiger partial charge in [-0.3, -0.25) is 0 Å². The number of fused-ring (bicyclic) bond motifs is 3. The summed E-state index contributed by atoms with van der Waals surface area (Å²) in [5.74, 6) is -0.0318. The number of ether oxygens (including phenoxy) is 1. The topological polar surface area (TPSA) is 88.4 Å². The molecular formula is C23H27F3N4O2. The lowest BCUT2D eigenvalue weighted by Crippen LogP contribution is -2.45. The standard InChI is InChI=1S/C23H27F3N4O2/c24-23(25,26)15-6-9-19-18(12-15)21-17(20(30-19)14-4-2-1-3-5-14)8-7-16(32-21)13-29-22(31)28-11-10-27/h1-6,9,12,16-17,20-21,30H,7-8,10-11,13,27H2,(H2,28,29,31)/t16-,17+,20+,21+/m1/s1. The summed E-state index contributed by atoms with van der Waals surface area (Å²) in [5.41, 5.74) is 6.90. The van der Waals surface area contributed by atoms with Crippen LogP contribution >= 0.6 is 0 Å². The largest absolute Gasteiger partial charge is 0.416 e. The number of nitrogens with two attached hydrogens (primary N) is 1. The summed E-state index contributed by atoms with van der Waals surface area (Å²) in [5, 5.41) is 8.83. The van der Waals surface area contributed by atoms with E-state index in [0.717, 1.165) is 18.1 Å². The highest BCUT2D eigenvalue weighted by Gasteiger charge is 2.43. The molecule has 172 valence electrons. The molecule has 0 spiro atoms. The van der Waals surface area contributed by atoms with Gasteiger partial charge >= 0.3 is 12.2 Å². The molecule has 1 fully saturated rings. The second-order valence-electron chi connectivity index (χ2n) is 8.18. The molecule has 2 aromatic carbocycles. The smallest absolute Gasteiger partial charge is 0.378 e. The predicted octanol–water partition coefficient (Wildman–Crippen LogP) is 3.97. The van der Waals surface area contributed by atoms with Crippen LogP contribution in [0.2, 0.25) is 0 Å². The van der Waals surface area contributed by atoms with Crippen molar-refractivity contribution in [2.24, 2.45) is 11.7 Å². The van der Waals surface area contributed by atoms with Crippen molar-refractivity contribution < 1.29 is 22.7 Å². The molecule has 2 aliphatic heterocycles. The van der Waals surface area contributed by atoms with Crippen LogP contribution in [0.5, 0.6) is 0 Å². The molecule has 1 saturated heterocycles. The van der Waals surface area contributed by atoms with Crippen LogP contribution in [0.4, 0.5) is 23.7 Å². The maximum Gasteiger partial charge on any atom is 0.416 e. The van der Waals surface area contributed by atoms with Crippen LogP contribution in [0, 0.1) is 5.92 Å². The van der Waals surface area contributed by atoms with E-state index in [4.69, 9.17) is 10.5 Å². The van der Waals surface area contributed by atoms with Crippen molar-refractivity contribution in [3.8, 4) is 0 Å². The maximum atomic E-state index is 13.4. The molecule has 0 saturated carbocycles. The Balaban J connectivity index is 1.59. The summed E-state index contributed by atoms with van der Waals surface area (Å²) in [6.07, 6.45) is -3.79. The van der Waals surface area contributed by atoms with E-state index in [1.54, 1.807) is 0 Å². The van der Waals surface area contributed by atoms with Gasteiger partial charge in [0.05, 0.1) is 23.8 Å². The number of rotatable bonds is 5. The van der Waals surface area contributed by atoms with Gasteiger partial charge in [0, 0.05) is 36.8 Å². The molecule has 5 N–H and O–H groups in total. The second kappa shape index (κ2) is 9.38. The number of urea groups is 1. The summed E-state index contributed by atoms with van der Waals surface area (Å²) in [6, 6.07) is 13.2. The molecule has 0 unspecified atom stereocenters. The van der Waals surface area contributed by atoms with Crippen LogP contribution in [-0.2, 0) is 10.9 Å². The Morgan fingerprint density at radius 2 is 1.91 bits per heavy atom. The van der Waals surface area contributed by atoms with Gasteiger partial charge in [0.1, 0.15) is 0 Å². The van der Waals surface area contributed by atoms with E-state index in [1.807, 2.05) is 30.3 Å². The van der Waals surface area contributed by atoms with Crippen LogP contribution < -0.4 is 21.7 Å². The first-order valence-electron chi connectivity index (χ1n) is 10.8. The first-order valence-corrected chi connectivity index (χ1v) is 10.8. The third kappa shape index (κ3) is 4.83. The highest BCUT2D eigenvalue weighted by molar-refractivity contribution is 5.73. The van der Waals surface area contributed by atoms with Gasteiger partial charge in [-0.25, -0.2) is 4.79 Å². The van der Waals surface area contributed by atoms with Crippen LogP contribution in [0.1, 0.15) is 41.7 Å². The zero-order valence-corrected chi connectivity index (χ0v) is 17.5. The van der Waals surface area contributed by atoms with Crippen molar-refractivity contribution in [3.63, 3.8) is 0 Å². The van der Waals surface area contributed by atoms with Crippen molar-refractivity contribution in [3.05, 3.63) is 65.2 Å². The normalized spacial score (nSPS) is 24.6. The molecule has 0 bridgehead atoms. The van der Waals surface area contributed by atoms with Crippen molar-refractivity contribution in [1.29, 1.82) is 0 Å². The van der Waals surface area contributed by atoms with E-state index in [9.17, 15) is 18.0 Å². The van der Waals surface area contributed by atoms with Crippen molar-refractivity contribution in [2.75, 3.05) is 25.0 Å². The summed E-state index contributed by atoms with van der Waals surface area (Å²) in [4.78, 5) is 11.8. The summed E-state index contributed by atoms with van der Waals surface area (Å²) in [6.45, 7) is 0.973. The molecule has 2 aliphatic rings. The third-order valence-electron chi connectivity index (χ3n) is 6.05. The number of benzene rings is 2. The molecule has 2 amide bonds. The molecular weight excluding hydrogens is 421 g/mol. The van der Waals surface area contributed by atoms with Gasteiger partial charge in [0.15, 0.2) is 0 Å². The molecule has 0 aliphatic carbocycles. The minimum absolute atomic E-state index is 0.0318. The zero-order chi connectivity index (χ0) is 22.7. The van der Waals surface area contributed by atoms with E-state index in [2.05, 4.69) is 16.0 Å². The minimum atomic E-state index is -4.43. The average molecular weight is 448 g/mol. The van der Waals surface area contributed by atoms with Crippen LogP contribution in [-0.4, -0.2) is 31.8 Å². The van der Waals surface area contributed by atoms with Gasteiger partial charge in [0.2, 0.25) is 0 Å². The van der Waals surface area contributed by atoms with Gasteiger partial charge in [-0.2, -0.15) is 13.2 Å². The summed E-state index contributed by atoms with van der Waals surface area (Å²) in [7, 11) is 0. The first kappa shape index (κ1) is 22.4. The molecule has 2 aromatic rings. The Bertz CT molecular complexity index is 939. The Morgan fingerprint density at radius 3 is 2.62 bits per heavy atom.